The molecule has 18 heavy (non-hydrogen) atoms. The van der Waals surface area contributed by atoms with Crippen LogP contribution in [0.15, 0.2) is 53.4 Å². The summed E-state index contributed by atoms with van der Waals surface area (Å²) in [5, 5.41) is 0. The lowest BCUT2D eigenvalue weighted by atomic mass is 10.0. The van der Waals surface area contributed by atoms with E-state index in [1.54, 1.807) is 0 Å². The molecule has 0 saturated heterocycles. The van der Waals surface area contributed by atoms with Gasteiger partial charge in [0.2, 0.25) is 0 Å². The van der Waals surface area contributed by atoms with Crippen LogP contribution in [0.3, 0.4) is 0 Å². The van der Waals surface area contributed by atoms with Crippen LogP contribution >= 0.6 is 22.5 Å². The molecule has 0 N–H and O–H groups in total. The monoisotopic (exact) mass is 274 g/mol. The number of unbranched alkanes of at least 4 members (excludes halogenated alkanes) is 1. The van der Waals surface area contributed by atoms with Crippen LogP contribution in [-0.2, 0) is 6.42 Å². The number of rotatable bonds is 5. The molecule has 0 spiro atoms. The molecule has 2 rings (SSSR count). The summed E-state index contributed by atoms with van der Waals surface area (Å²) in [6, 6.07) is 17.3. The standard InChI is InChI=1S/C16H18S2/c1-2-3-7-13-10-11-16(18-17)15(12-13)14-8-5-4-6-9-14/h4-6,8-12,17H,2-3,7H2,1H3. The van der Waals surface area contributed by atoms with Gasteiger partial charge < -0.3 is 0 Å². The summed E-state index contributed by atoms with van der Waals surface area (Å²) >= 11 is 4.35. The molecular weight excluding hydrogens is 256 g/mol. The Morgan fingerprint density at radius 2 is 1.83 bits per heavy atom. The summed E-state index contributed by atoms with van der Waals surface area (Å²) in [5.74, 6) is 0. The first-order chi connectivity index (χ1) is 8.85. The van der Waals surface area contributed by atoms with Crippen molar-refractivity contribution in [2.45, 2.75) is 31.1 Å². The highest BCUT2D eigenvalue weighted by atomic mass is 33.1. The summed E-state index contributed by atoms with van der Waals surface area (Å²) < 4.78 is 0. The van der Waals surface area contributed by atoms with Crippen molar-refractivity contribution in [3.05, 3.63) is 54.1 Å². The zero-order valence-corrected chi connectivity index (χ0v) is 12.3. The molecule has 2 aromatic carbocycles. The Morgan fingerprint density at radius 3 is 2.50 bits per heavy atom. The van der Waals surface area contributed by atoms with Crippen molar-refractivity contribution in [3.8, 4) is 11.1 Å². The molecule has 0 unspecified atom stereocenters. The van der Waals surface area contributed by atoms with E-state index < -0.39 is 0 Å². The van der Waals surface area contributed by atoms with Gasteiger partial charge in [0.15, 0.2) is 0 Å². The van der Waals surface area contributed by atoms with Crippen molar-refractivity contribution in [2.24, 2.45) is 0 Å². The maximum absolute atomic E-state index is 4.35. The van der Waals surface area contributed by atoms with Crippen molar-refractivity contribution < 1.29 is 0 Å². The zero-order valence-electron chi connectivity index (χ0n) is 10.6. The minimum atomic E-state index is 1.16. The van der Waals surface area contributed by atoms with Crippen LogP contribution in [0.4, 0.5) is 0 Å². The van der Waals surface area contributed by atoms with Gasteiger partial charge >= 0.3 is 0 Å². The van der Waals surface area contributed by atoms with Crippen molar-refractivity contribution in [1.29, 1.82) is 0 Å². The highest BCUT2D eigenvalue weighted by molar-refractivity contribution is 8.68. The van der Waals surface area contributed by atoms with Crippen LogP contribution in [-0.4, -0.2) is 0 Å². The minimum Gasteiger partial charge on any atom is -0.106 e. The Kier molecular flexibility index (Phi) is 5.21. The van der Waals surface area contributed by atoms with Crippen molar-refractivity contribution >= 4 is 22.5 Å². The van der Waals surface area contributed by atoms with Gasteiger partial charge in [0.05, 0.1) is 0 Å². The molecule has 0 aliphatic rings. The molecule has 0 heterocycles. The van der Waals surface area contributed by atoms with E-state index >= 15 is 0 Å². The first-order valence-corrected chi connectivity index (χ1v) is 8.21. The van der Waals surface area contributed by atoms with Gasteiger partial charge in [-0.05, 0) is 35.6 Å². The molecule has 2 aromatic rings. The van der Waals surface area contributed by atoms with Crippen LogP contribution in [0.5, 0.6) is 0 Å². The SMILES string of the molecule is CCCCc1ccc(SS)c(-c2ccccc2)c1. The van der Waals surface area contributed by atoms with Crippen LogP contribution in [0.25, 0.3) is 11.1 Å². The molecule has 0 aliphatic carbocycles. The van der Waals surface area contributed by atoms with E-state index in [0.29, 0.717) is 0 Å². The van der Waals surface area contributed by atoms with Gasteiger partial charge in [-0.2, -0.15) is 0 Å². The van der Waals surface area contributed by atoms with E-state index in [2.05, 4.69) is 67.1 Å². The normalized spacial score (nSPS) is 10.6. The van der Waals surface area contributed by atoms with E-state index in [1.165, 1.54) is 45.2 Å². The topological polar surface area (TPSA) is 0 Å². The average Bonchev–Trinajstić information content (AvgIpc) is 2.45. The smallest absolute Gasteiger partial charge is 0.0258 e. The fraction of sp³-hybridized carbons (Fsp3) is 0.250. The molecule has 0 nitrogen and oxygen atoms in total. The molecule has 0 aromatic heterocycles. The molecule has 0 radical (unpaired) electrons. The summed E-state index contributed by atoms with van der Waals surface area (Å²) in [6.07, 6.45) is 3.65. The number of thiol groups is 1. The van der Waals surface area contributed by atoms with Crippen LogP contribution < -0.4 is 0 Å². The summed E-state index contributed by atoms with van der Waals surface area (Å²) in [7, 11) is 1.52. The number of hydrogen-bond acceptors (Lipinski definition) is 2. The van der Waals surface area contributed by atoms with E-state index in [-0.39, 0.29) is 0 Å². The van der Waals surface area contributed by atoms with Crippen molar-refractivity contribution in [1.82, 2.24) is 0 Å². The Balaban J connectivity index is 2.37. The van der Waals surface area contributed by atoms with Gasteiger partial charge in [-0.1, -0.05) is 66.6 Å². The zero-order chi connectivity index (χ0) is 12.8. The first-order valence-electron chi connectivity index (χ1n) is 6.35. The van der Waals surface area contributed by atoms with Gasteiger partial charge in [0, 0.05) is 4.90 Å². The van der Waals surface area contributed by atoms with Gasteiger partial charge in [0.1, 0.15) is 0 Å². The Morgan fingerprint density at radius 1 is 1.06 bits per heavy atom. The largest absolute Gasteiger partial charge is 0.106 e. The second kappa shape index (κ2) is 6.91. The molecule has 0 amide bonds. The summed E-state index contributed by atoms with van der Waals surface area (Å²) in [6.45, 7) is 2.23. The molecule has 2 heteroatoms. The maximum Gasteiger partial charge on any atom is 0.0258 e. The lowest BCUT2D eigenvalue weighted by molar-refractivity contribution is 0.795. The molecule has 0 saturated carbocycles. The average molecular weight is 274 g/mol. The highest BCUT2D eigenvalue weighted by Gasteiger charge is 2.05. The van der Waals surface area contributed by atoms with Crippen LogP contribution in [0.2, 0.25) is 0 Å². The number of hydrogen-bond donors (Lipinski definition) is 1. The highest BCUT2D eigenvalue weighted by Crippen LogP contribution is 2.34. The third-order valence-electron chi connectivity index (χ3n) is 3.05. The molecule has 0 fully saturated rings. The molecule has 0 bridgehead atoms. The fourth-order valence-electron chi connectivity index (χ4n) is 2.04. The number of benzene rings is 2. The van der Waals surface area contributed by atoms with Crippen LogP contribution in [0, 0.1) is 0 Å². The predicted octanol–water partition coefficient (Wildman–Crippen LogP) is 5.63. The van der Waals surface area contributed by atoms with Gasteiger partial charge in [-0.15, -0.1) is 11.7 Å². The second-order valence-corrected chi connectivity index (χ2v) is 5.56. The third kappa shape index (κ3) is 3.33. The lowest BCUT2D eigenvalue weighted by Gasteiger charge is -2.10. The van der Waals surface area contributed by atoms with Gasteiger partial charge in [-0.25, -0.2) is 0 Å². The lowest BCUT2D eigenvalue weighted by Crippen LogP contribution is -1.88. The maximum atomic E-state index is 4.35. The molecule has 0 atom stereocenters. The number of aryl methyl sites for hydroxylation is 1. The minimum absolute atomic E-state index is 1.16. The Labute approximate surface area is 119 Å². The van der Waals surface area contributed by atoms with E-state index in [0.717, 1.165) is 6.42 Å². The molecule has 0 aliphatic heterocycles. The Bertz CT molecular complexity index is 492. The Hall–Kier alpha value is -0.860. The van der Waals surface area contributed by atoms with Gasteiger partial charge in [0.25, 0.3) is 0 Å². The van der Waals surface area contributed by atoms with E-state index in [9.17, 15) is 0 Å². The van der Waals surface area contributed by atoms with Crippen molar-refractivity contribution in [3.63, 3.8) is 0 Å². The van der Waals surface area contributed by atoms with Crippen molar-refractivity contribution in [2.75, 3.05) is 0 Å². The molecular formula is C16H18S2. The van der Waals surface area contributed by atoms with Gasteiger partial charge in [-0.3, -0.25) is 0 Å². The molecule has 94 valence electrons. The fourth-order valence-corrected chi connectivity index (χ4v) is 2.92. The quantitative estimate of drug-likeness (QED) is 0.544. The van der Waals surface area contributed by atoms with E-state index in [1.807, 2.05) is 0 Å². The second-order valence-electron chi connectivity index (χ2n) is 4.39. The van der Waals surface area contributed by atoms with Crippen LogP contribution in [0.1, 0.15) is 25.3 Å². The first kappa shape index (κ1) is 13.6. The predicted molar refractivity (Wildman–Crippen MR) is 85.3 cm³/mol. The van der Waals surface area contributed by atoms with E-state index in [4.69, 9.17) is 0 Å². The third-order valence-corrected chi connectivity index (χ3v) is 4.19. The summed E-state index contributed by atoms with van der Waals surface area (Å²) in [5.41, 5.74) is 3.98. The summed E-state index contributed by atoms with van der Waals surface area (Å²) in [4.78, 5) is 1.23.